The van der Waals surface area contributed by atoms with Crippen molar-refractivity contribution >= 4 is 26.8 Å². The van der Waals surface area contributed by atoms with Crippen molar-refractivity contribution in [2.24, 2.45) is 0 Å². The Morgan fingerprint density at radius 2 is 1.81 bits per heavy atom. The molecule has 2 aromatic carbocycles. The van der Waals surface area contributed by atoms with Crippen LogP contribution in [0.25, 0.3) is 16.6 Å². The Labute approximate surface area is 182 Å². The van der Waals surface area contributed by atoms with Gasteiger partial charge in [-0.2, -0.15) is 5.10 Å². The summed E-state index contributed by atoms with van der Waals surface area (Å²) in [6.07, 6.45) is 4.43. The molecule has 4 rings (SSSR count). The predicted molar refractivity (Wildman–Crippen MR) is 113 cm³/mol. The SMILES string of the molecule is CNS(=O)(=O)c1ccc(CNC(=O)c2cncc3c2cnn3-c2ccc(F)cc2)cc1F. The molecule has 8 nitrogen and oxygen atoms in total. The van der Waals surface area contributed by atoms with Crippen LogP contribution in [0.2, 0.25) is 0 Å². The number of pyridine rings is 1. The Kier molecular flexibility index (Phi) is 5.68. The van der Waals surface area contributed by atoms with E-state index in [0.29, 0.717) is 22.2 Å². The molecule has 0 fully saturated rings. The number of nitrogens with zero attached hydrogens (tertiary/aromatic N) is 3. The van der Waals surface area contributed by atoms with Crippen LogP contribution in [0.1, 0.15) is 15.9 Å². The van der Waals surface area contributed by atoms with Gasteiger partial charge in [0, 0.05) is 18.1 Å². The van der Waals surface area contributed by atoms with Gasteiger partial charge in [0.05, 0.1) is 29.2 Å². The minimum Gasteiger partial charge on any atom is -0.348 e. The molecule has 32 heavy (non-hydrogen) atoms. The highest BCUT2D eigenvalue weighted by Crippen LogP contribution is 2.21. The van der Waals surface area contributed by atoms with Crippen molar-refractivity contribution in [3.05, 3.63) is 83.8 Å². The van der Waals surface area contributed by atoms with E-state index in [2.05, 4.69) is 20.1 Å². The molecule has 0 aliphatic carbocycles. The second kappa shape index (κ2) is 8.44. The number of amides is 1. The molecule has 2 aromatic heterocycles. The first-order chi connectivity index (χ1) is 15.3. The number of halogens is 2. The standard InChI is InChI=1S/C21H17F2N5O3S/c1-24-32(30,31)20-7-2-13(8-18(20)23)9-26-21(29)17-10-25-12-19-16(17)11-27-28(19)15-5-3-14(22)4-6-15/h2-8,10-12,24H,9H2,1H3,(H,26,29). The second-order valence-corrected chi connectivity index (χ2v) is 8.66. The van der Waals surface area contributed by atoms with Crippen molar-refractivity contribution < 1.29 is 22.0 Å². The van der Waals surface area contributed by atoms with Gasteiger partial charge in [0.2, 0.25) is 10.0 Å². The minimum absolute atomic E-state index is 0.0296. The number of carbonyl (C=O) groups is 1. The Bertz CT molecular complexity index is 1420. The largest absolute Gasteiger partial charge is 0.348 e. The molecule has 11 heteroatoms. The normalized spacial score (nSPS) is 11.6. The van der Waals surface area contributed by atoms with Crippen LogP contribution in [-0.2, 0) is 16.6 Å². The molecule has 0 radical (unpaired) electrons. The zero-order valence-corrected chi connectivity index (χ0v) is 17.5. The molecule has 0 aliphatic rings. The van der Waals surface area contributed by atoms with E-state index in [-0.39, 0.29) is 17.9 Å². The molecule has 164 valence electrons. The van der Waals surface area contributed by atoms with Crippen molar-refractivity contribution in [2.75, 3.05) is 7.05 Å². The predicted octanol–water partition coefficient (Wildman–Crippen LogP) is 2.54. The number of carbonyl (C=O) groups excluding carboxylic acids is 1. The summed E-state index contributed by atoms with van der Waals surface area (Å²) >= 11 is 0. The number of aromatic nitrogens is 3. The summed E-state index contributed by atoms with van der Waals surface area (Å²) in [7, 11) is -2.73. The molecule has 0 spiro atoms. The summed E-state index contributed by atoms with van der Waals surface area (Å²) in [5.41, 5.74) is 1.79. The smallest absolute Gasteiger partial charge is 0.253 e. The lowest BCUT2D eigenvalue weighted by Gasteiger charge is -2.09. The summed E-state index contributed by atoms with van der Waals surface area (Å²) < 4.78 is 54.5. The van der Waals surface area contributed by atoms with E-state index in [4.69, 9.17) is 0 Å². The van der Waals surface area contributed by atoms with Gasteiger partial charge in [-0.15, -0.1) is 0 Å². The average molecular weight is 457 g/mol. The van der Waals surface area contributed by atoms with E-state index in [1.807, 2.05) is 0 Å². The van der Waals surface area contributed by atoms with E-state index in [1.54, 1.807) is 18.3 Å². The number of benzene rings is 2. The van der Waals surface area contributed by atoms with Crippen LogP contribution in [0, 0.1) is 11.6 Å². The third-order valence-corrected chi connectivity index (χ3v) is 6.27. The third-order valence-electron chi connectivity index (χ3n) is 4.82. The topological polar surface area (TPSA) is 106 Å². The number of nitrogens with one attached hydrogen (secondary N) is 2. The van der Waals surface area contributed by atoms with E-state index in [1.165, 1.54) is 42.3 Å². The van der Waals surface area contributed by atoms with Gasteiger partial charge in [0.25, 0.3) is 5.91 Å². The fourth-order valence-electron chi connectivity index (χ4n) is 3.17. The lowest BCUT2D eigenvalue weighted by Crippen LogP contribution is -2.24. The Hall–Kier alpha value is -3.70. The molecule has 0 unspecified atom stereocenters. The van der Waals surface area contributed by atoms with E-state index < -0.39 is 26.6 Å². The molecule has 0 aliphatic heterocycles. The van der Waals surface area contributed by atoms with Crippen LogP contribution in [0.3, 0.4) is 0 Å². The van der Waals surface area contributed by atoms with Crippen LogP contribution < -0.4 is 10.0 Å². The quantitative estimate of drug-likeness (QED) is 0.463. The highest BCUT2D eigenvalue weighted by molar-refractivity contribution is 7.89. The first-order valence-corrected chi connectivity index (χ1v) is 10.9. The molecule has 0 bridgehead atoms. The maximum Gasteiger partial charge on any atom is 0.253 e. The molecular formula is C21H17F2N5O3S. The van der Waals surface area contributed by atoms with Crippen molar-refractivity contribution in [1.29, 1.82) is 0 Å². The first-order valence-electron chi connectivity index (χ1n) is 9.38. The number of hydrogen-bond acceptors (Lipinski definition) is 5. The lowest BCUT2D eigenvalue weighted by atomic mass is 10.1. The summed E-state index contributed by atoms with van der Waals surface area (Å²) in [5, 5.41) is 7.47. The van der Waals surface area contributed by atoms with Crippen LogP contribution in [0.15, 0.2) is 66.0 Å². The van der Waals surface area contributed by atoms with E-state index >= 15 is 0 Å². The molecule has 4 aromatic rings. The summed E-state index contributed by atoms with van der Waals surface area (Å²) in [5.74, 6) is -1.76. The zero-order valence-electron chi connectivity index (χ0n) is 16.7. The Morgan fingerprint density at radius 3 is 2.50 bits per heavy atom. The molecule has 2 heterocycles. The minimum atomic E-state index is -3.92. The third kappa shape index (κ3) is 4.07. The first kappa shape index (κ1) is 21.5. The lowest BCUT2D eigenvalue weighted by molar-refractivity contribution is 0.0952. The summed E-state index contributed by atoms with van der Waals surface area (Å²) in [6, 6.07) is 9.33. The van der Waals surface area contributed by atoms with Gasteiger partial charge >= 0.3 is 0 Å². The summed E-state index contributed by atoms with van der Waals surface area (Å²) in [4.78, 5) is 16.4. The van der Waals surface area contributed by atoms with Crippen LogP contribution in [0.5, 0.6) is 0 Å². The van der Waals surface area contributed by atoms with Crippen molar-refractivity contribution in [3.8, 4) is 5.69 Å². The van der Waals surface area contributed by atoms with Gasteiger partial charge in [0.1, 0.15) is 16.5 Å². The summed E-state index contributed by atoms with van der Waals surface area (Å²) in [6.45, 7) is -0.0296. The van der Waals surface area contributed by atoms with Crippen molar-refractivity contribution in [3.63, 3.8) is 0 Å². The Balaban J connectivity index is 1.56. The molecular weight excluding hydrogens is 440 g/mol. The fraction of sp³-hybridized carbons (Fsp3) is 0.0952. The van der Waals surface area contributed by atoms with Gasteiger partial charge in [-0.25, -0.2) is 26.6 Å². The number of hydrogen-bond donors (Lipinski definition) is 2. The zero-order chi connectivity index (χ0) is 22.9. The maximum atomic E-state index is 14.2. The van der Waals surface area contributed by atoms with Gasteiger partial charge in [-0.05, 0) is 49.0 Å². The van der Waals surface area contributed by atoms with Crippen LogP contribution in [0.4, 0.5) is 8.78 Å². The highest BCUT2D eigenvalue weighted by Gasteiger charge is 2.18. The highest BCUT2D eigenvalue weighted by atomic mass is 32.2. The van der Waals surface area contributed by atoms with Gasteiger partial charge in [-0.3, -0.25) is 9.78 Å². The number of sulfonamides is 1. The fourth-order valence-corrected chi connectivity index (χ4v) is 3.95. The molecule has 0 saturated carbocycles. The van der Waals surface area contributed by atoms with Gasteiger partial charge < -0.3 is 5.32 Å². The van der Waals surface area contributed by atoms with Crippen LogP contribution >= 0.6 is 0 Å². The van der Waals surface area contributed by atoms with Gasteiger partial charge in [-0.1, -0.05) is 6.07 Å². The van der Waals surface area contributed by atoms with Crippen molar-refractivity contribution in [1.82, 2.24) is 24.8 Å². The molecule has 0 atom stereocenters. The maximum absolute atomic E-state index is 14.2. The average Bonchev–Trinajstić information content (AvgIpc) is 3.22. The second-order valence-electron chi connectivity index (χ2n) is 6.81. The number of fused-ring (bicyclic) bond motifs is 1. The Morgan fingerprint density at radius 1 is 1.06 bits per heavy atom. The number of rotatable bonds is 6. The monoisotopic (exact) mass is 457 g/mol. The van der Waals surface area contributed by atoms with Crippen molar-refractivity contribution in [2.45, 2.75) is 11.4 Å². The molecule has 2 N–H and O–H groups in total. The molecule has 1 amide bonds. The van der Waals surface area contributed by atoms with Crippen LogP contribution in [-0.4, -0.2) is 36.1 Å². The van der Waals surface area contributed by atoms with E-state index in [0.717, 1.165) is 12.1 Å². The van der Waals surface area contributed by atoms with E-state index in [9.17, 15) is 22.0 Å². The molecule has 0 saturated heterocycles. The van der Waals surface area contributed by atoms with Gasteiger partial charge in [0.15, 0.2) is 0 Å².